The maximum atomic E-state index is 13.8. The molecule has 2 aromatic heterocycles. The second-order valence-corrected chi connectivity index (χ2v) is 10.9. The van der Waals surface area contributed by atoms with E-state index in [4.69, 9.17) is 0 Å². The molecule has 2 aliphatic carbocycles. The summed E-state index contributed by atoms with van der Waals surface area (Å²) in [5.74, 6) is 4.60. The summed E-state index contributed by atoms with van der Waals surface area (Å²) in [5.41, 5.74) is 3.53. The number of imidazole rings is 1. The maximum absolute atomic E-state index is 13.8. The topological polar surface area (TPSA) is 96.1 Å². The summed E-state index contributed by atoms with van der Waals surface area (Å²) in [6, 6.07) is 23.4. The third-order valence-electron chi connectivity index (χ3n) is 8.33. The van der Waals surface area contributed by atoms with Crippen molar-refractivity contribution in [3.05, 3.63) is 119 Å². The van der Waals surface area contributed by atoms with E-state index in [1.807, 2.05) is 41.0 Å². The number of nitrogens with one attached hydrogen (secondary N) is 1. The van der Waals surface area contributed by atoms with E-state index in [1.54, 1.807) is 6.33 Å². The Morgan fingerprint density at radius 1 is 0.857 bits per heavy atom. The first-order valence-electron chi connectivity index (χ1n) is 13.9. The number of aromatic nitrogens is 4. The average molecular weight is 564 g/mol. The first-order valence-corrected chi connectivity index (χ1v) is 13.9. The van der Waals surface area contributed by atoms with Gasteiger partial charge in [0.2, 0.25) is 5.82 Å². The Labute approximate surface area is 240 Å². The van der Waals surface area contributed by atoms with Gasteiger partial charge < -0.3 is 20.1 Å². The zero-order valence-electron chi connectivity index (χ0n) is 22.4. The zero-order valence-corrected chi connectivity index (χ0v) is 22.4. The van der Waals surface area contributed by atoms with Crippen molar-refractivity contribution in [2.75, 3.05) is 11.9 Å². The van der Waals surface area contributed by atoms with Gasteiger partial charge in [-0.2, -0.15) is 0 Å². The molecule has 0 amide bonds. The molecular formula is C33H27F2N5O2. The summed E-state index contributed by atoms with van der Waals surface area (Å²) in [5, 5.41) is 24.7. The van der Waals surface area contributed by atoms with Crippen LogP contribution in [0.5, 0.6) is 0 Å². The lowest BCUT2D eigenvalue weighted by Gasteiger charge is -2.22. The van der Waals surface area contributed by atoms with Crippen LogP contribution >= 0.6 is 0 Å². The van der Waals surface area contributed by atoms with Gasteiger partial charge in [-0.05, 0) is 53.5 Å². The van der Waals surface area contributed by atoms with Gasteiger partial charge in [0.25, 0.3) is 0 Å². The lowest BCUT2D eigenvalue weighted by molar-refractivity contribution is 0.00386. The highest BCUT2D eigenvalue weighted by Gasteiger charge is 2.60. The standard InChI is InChI=1S/C33H27F2N5O2/c34-25-13-11-19(15-26(25)35)12-14-27-38-32(36-17-24(20-7-3-1-4-8-20)21-9-5-2-6-10-21)28-33(39-27)40(18-37-28)29-22-16-23(22)30(41)31(29)42/h1-11,13,15,18,22-24,29-31,41-42H,16-17H2,(H,36,38,39)/t22-,23+,29+,30+,31-/m0/s1. The van der Waals surface area contributed by atoms with Crippen LogP contribution in [0.25, 0.3) is 11.2 Å². The van der Waals surface area contributed by atoms with Crippen molar-refractivity contribution in [1.29, 1.82) is 0 Å². The third kappa shape index (κ3) is 4.79. The van der Waals surface area contributed by atoms with Gasteiger partial charge >= 0.3 is 0 Å². The Bertz CT molecular complexity index is 1780. The normalized spacial score (nSPS) is 22.5. The second kappa shape index (κ2) is 10.6. The summed E-state index contributed by atoms with van der Waals surface area (Å²) in [6.07, 6.45) is 0.735. The van der Waals surface area contributed by atoms with Crippen LogP contribution in [0.15, 0.2) is 85.2 Å². The van der Waals surface area contributed by atoms with E-state index < -0.39 is 23.8 Å². The van der Waals surface area contributed by atoms with Gasteiger partial charge in [-0.15, -0.1) is 0 Å². The SMILES string of the molecule is O[C@@H]1[C@H](O)[C@@H]2C[C@@H]2[C@H]1n1cnc2c(NCC(c3ccccc3)c3ccccc3)nc(C#Cc3ccc(F)c(F)c3)nc21. The van der Waals surface area contributed by atoms with E-state index in [1.165, 1.54) is 6.07 Å². The highest BCUT2D eigenvalue weighted by atomic mass is 19.2. The van der Waals surface area contributed by atoms with E-state index in [0.717, 1.165) is 29.7 Å². The zero-order chi connectivity index (χ0) is 28.8. The number of aliphatic hydroxyl groups excluding tert-OH is 2. The Balaban J connectivity index is 1.29. The van der Waals surface area contributed by atoms with Crippen LogP contribution in [0.4, 0.5) is 14.6 Å². The smallest absolute Gasteiger partial charge is 0.209 e. The first-order chi connectivity index (χ1) is 20.5. The van der Waals surface area contributed by atoms with Crippen LogP contribution in [0, 0.1) is 35.3 Å². The van der Waals surface area contributed by atoms with Crippen molar-refractivity contribution in [3.8, 4) is 11.8 Å². The molecule has 0 bridgehead atoms. The summed E-state index contributed by atoms with van der Waals surface area (Å²) >= 11 is 0. The van der Waals surface area contributed by atoms with Gasteiger partial charge in [-0.3, -0.25) is 0 Å². The van der Waals surface area contributed by atoms with Gasteiger partial charge in [-0.25, -0.2) is 23.7 Å². The molecule has 9 heteroatoms. The molecule has 5 atom stereocenters. The Morgan fingerprint density at radius 2 is 1.57 bits per heavy atom. The van der Waals surface area contributed by atoms with Crippen LogP contribution in [0.1, 0.15) is 40.9 Å². The fourth-order valence-electron chi connectivity index (χ4n) is 6.11. The molecule has 0 spiro atoms. The van der Waals surface area contributed by atoms with Crippen molar-refractivity contribution in [2.45, 2.75) is 30.6 Å². The van der Waals surface area contributed by atoms with Gasteiger partial charge in [-0.1, -0.05) is 66.6 Å². The highest BCUT2D eigenvalue weighted by molar-refractivity contribution is 5.83. The fourth-order valence-corrected chi connectivity index (χ4v) is 6.11. The van der Waals surface area contributed by atoms with E-state index in [9.17, 15) is 19.0 Å². The van der Waals surface area contributed by atoms with Crippen molar-refractivity contribution < 1.29 is 19.0 Å². The Morgan fingerprint density at radius 3 is 2.21 bits per heavy atom. The van der Waals surface area contributed by atoms with Crippen LogP contribution in [0.3, 0.4) is 0 Å². The second-order valence-electron chi connectivity index (χ2n) is 10.9. The average Bonchev–Trinajstić information content (AvgIpc) is 3.62. The molecule has 2 heterocycles. The number of hydrogen-bond acceptors (Lipinski definition) is 6. The molecule has 42 heavy (non-hydrogen) atoms. The third-order valence-corrected chi connectivity index (χ3v) is 8.33. The number of nitrogens with zero attached hydrogens (tertiary/aromatic N) is 4. The largest absolute Gasteiger partial charge is 0.390 e. The number of anilines is 1. The van der Waals surface area contributed by atoms with Gasteiger partial charge in [0, 0.05) is 18.0 Å². The van der Waals surface area contributed by atoms with Gasteiger partial charge in [0.1, 0.15) is 6.10 Å². The van der Waals surface area contributed by atoms with Gasteiger partial charge in [0.15, 0.2) is 28.6 Å². The van der Waals surface area contributed by atoms with Crippen LogP contribution in [-0.4, -0.2) is 48.5 Å². The minimum atomic E-state index is -0.987. The Hall–Kier alpha value is -4.65. The number of halogens is 2. The summed E-state index contributed by atoms with van der Waals surface area (Å²) in [4.78, 5) is 14.0. The van der Waals surface area contributed by atoms with E-state index in [0.29, 0.717) is 23.5 Å². The molecule has 5 aromatic rings. The molecule has 0 saturated heterocycles. The minimum absolute atomic E-state index is 0.00949. The first kappa shape index (κ1) is 26.3. The molecule has 0 aliphatic heterocycles. The molecule has 3 aromatic carbocycles. The van der Waals surface area contributed by atoms with E-state index in [2.05, 4.69) is 56.4 Å². The summed E-state index contributed by atoms with van der Waals surface area (Å²) in [7, 11) is 0. The number of fused-ring (bicyclic) bond motifs is 2. The molecule has 7 rings (SSSR count). The van der Waals surface area contributed by atoms with E-state index >= 15 is 0 Å². The number of hydrogen-bond donors (Lipinski definition) is 3. The number of benzene rings is 3. The molecule has 210 valence electrons. The van der Waals surface area contributed by atoms with Crippen molar-refractivity contribution >= 4 is 17.0 Å². The fraction of sp³-hybridized carbons (Fsp3) is 0.242. The summed E-state index contributed by atoms with van der Waals surface area (Å²) in [6.45, 7) is 0.499. The van der Waals surface area contributed by atoms with Crippen molar-refractivity contribution in [1.82, 2.24) is 19.5 Å². The van der Waals surface area contributed by atoms with Gasteiger partial charge in [0.05, 0.1) is 18.5 Å². The minimum Gasteiger partial charge on any atom is -0.390 e. The number of aliphatic hydroxyl groups is 2. The van der Waals surface area contributed by atoms with E-state index in [-0.39, 0.29) is 35.2 Å². The quantitative estimate of drug-likeness (QED) is 0.260. The predicted molar refractivity (Wildman–Crippen MR) is 154 cm³/mol. The predicted octanol–water partition coefficient (Wildman–Crippen LogP) is 4.66. The lowest BCUT2D eigenvalue weighted by Crippen LogP contribution is -2.31. The molecule has 0 radical (unpaired) electrons. The molecule has 2 saturated carbocycles. The van der Waals surface area contributed by atoms with Crippen molar-refractivity contribution in [3.63, 3.8) is 0 Å². The van der Waals surface area contributed by atoms with Crippen LogP contribution in [-0.2, 0) is 0 Å². The molecule has 3 N–H and O–H groups in total. The molecular weight excluding hydrogens is 536 g/mol. The summed E-state index contributed by atoms with van der Waals surface area (Å²) < 4.78 is 29.0. The highest BCUT2D eigenvalue weighted by Crippen LogP contribution is 2.58. The van der Waals surface area contributed by atoms with Crippen molar-refractivity contribution in [2.24, 2.45) is 11.8 Å². The monoisotopic (exact) mass is 563 g/mol. The molecule has 0 unspecified atom stereocenters. The van der Waals surface area contributed by atoms with Crippen LogP contribution in [0.2, 0.25) is 0 Å². The lowest BCUT2D eigenvalue weighted by atomic mass is 9.91. The molecule has 2 fully saturated rings. The number of rotatable bonds is 6. The van der Waals surface area contributed by atoms with Crippen LogP contribution < -0.4 is 5.32 Å². The molecule has 7 nitrogen and oxygen atoms in total. The Kier molecular flexibility index (Phi) is 6.65. The maximum Gasteiger partial charge on any atom is 0.209 e. The molecule has 2 aliphatic rings.